The lowest BCUT2D eigenvalue weighted by atomic mass is 9.67. The molecule has 10 heteroatoms. The van der Waals surface area contributed by atoms with Crippen LogP contribution in [0.1, 0.15) is 54.8 Å². The van der Waals surface area contributed by atoms with Crippen molar-refractivity contribution in [2.45, 2.75) is 45.3 Å². The molecule has 5 aromatic rings. The highest BCUT2D eigenvalue weighted by atomic mass is 16.7. The summed E-state index contributed by atoms with van der Waals surface area (Å²) in [5, 5.41) is 39.1. The van der Waals surface area contributed by atoms with Gasteiger partial charge in [-0.1, -0.05) is 91.0 Å². The molecule has 3 aromatic carbocycles. The first-order valence-corrected chi connectivity index (χ1v) is 16.1. The standard InChI is InChI=1S/C22H21BO3.2C8H12NO2/c24-23(25)26-18-10-17-22(19-11-4-1-5-12-19,20-13-6-2-7-14-20)21-15-8-3-9-16-21;2*1-2-11-9-6-4-3-5-8(9)7-10/h1-9,11-16H,10,17-18H2;2*3-6,10H,2,7H2,1H3/q-2;2*+1. The third-order valence-corrected chi connectivity index (χ3v) is 7.42. The number of nitrogens with zero attached hydrogens (tertiary/aromatic N) is 2. The number of hydrogen-bond donors (Lipinski definition) is 2. The molecule has 0 spiro atoms. The lowest BCUT2D eigenvalue weighted by Gasteiger charge is -2.37. The molecule has 0 bridgehead atoms. The second-order valence-electron chi connectivity index (χ2n) is 10.5. The van der Waals surface area contributed by atoms with Gasteiger partial charge in [-0.3, -0.25) is 9.68 Å². The number of pyridine rings is 2. The van der Waals surface area contributed by atoms with Gasteiger partial charge in [0.25, 0.3) is 11.4 Å². The average molecular weight is 653 g/mol. The normalized spacial score (nSPS) is 10.5. The molecule has 0 aliphatic heterocycles. The summed E-state index contributed by atoms with van der Waals surface area (Å²) in [6, 6.07) is 42.1. The Kier molecular flexibility index (Phi) is 16.8. The maximum atomic E-state index is 10.7. The predicted octanol–water partition coefficient (Wildman–Crippen LogP) is 2.35. The van der Waals surface area contributed by atoms with Crippen molar-refractivity contribution < 1.29 is 44.1 Å². The van der Waals surface area contributed by atoms with E-state index in [1.54, 1.807) is 21.9 Å². The minimum Gasteiger partial charge on any atom is -0.871 e. The third-order valence-electron chi connectivity index (χ3n) is 7.42. The summed E-state index contributed by atoms with van der Waals surface area (Å²) in [5.41, 5.74) is 4.69. The molecular formula is C38H45BN2O7. The highest BCUT2D eigenvalue weighted by molar-refractivity contribution is 6.28. The molecule has 2 heterocycles. The molecule has 9 nitrogen and oxygen atoms in total. The molecule has 252 valence electrons. The molecule has 0 aliphatic carbocycles. The highest BCUT2D eigenvalue weighted by Gasteiger charge is 2.35. The second-order valence-corrected chi connectivity index (χ2v) is 10.5. The van der Waals surface area contributed by atoms with E-state index in [2.05, 4.69) is 36.4 Å². The van der Waals surface area contributed by atoms with Crippen LogP contribution in [0.4, 0.5) is 0 Å². The molecule has 2 aromatic heterocycles. The molecule has 0 unspecified atom stereocenters. The molecule has 0 fully saturated rings. The number of aliphatic hydroxyl groups is 2. The molecule has 48 heavy (non-hydrogen) atoms. The Labute approximate surface area is 284 Å². The summed E-state index contributed by atoms with van der Waals surface area (Å²) in [4.78, 5) is 10.4. The molecule has 0 amide bonds. The fourth-order valence-electron chi connectivity index (χ4n) is 5.32. The van der Waals surface area contributed by atoms with Gasteiger partial charge < -0.3 is 24.9 Å². The van der Waals surface area contributed by atoms with Crippen molar-refractivity contribution in [1.29, 1.82) is 0 Å². The van der Waals surface area contributed by atoms with E-state index in [1.165, 1.54) is 16.7 Å². The van der Waals surface area contributed by atoms with E-state index in [0.717, 1.165) is 17.8 Å². The van der Waals surface area contributed by atoms with Gasteiger partial charge in [-0.25, -0.2) is 0 Å². The van der Waals surface area contributed by atoms with E-state index >= 15 is 0 Å². The minimum absolute atomic E-state index is 0.000833. The summed E-state index contributed by atoms with van der Waals surface area (Å²) < 4.78 is 7.87. The molecule has 2 N–H and O–H groups in total. The van der Waals surface area contributed by atoms with Gasteiger partial charge in [-0.05, 0) is 55.5 Å². The quantitative estimate of drug-likeness (QED) is 0.0818. The SMILES string of the molecule is CCO[n+]1ccccc1CO.CCO[n+]1ccccc1CO.[O-]B([O-])OCCCC(c1ccccc1)(c1ccccc1)c1ccccc1. The fourth-order valence-corrected chi connectivity index (χ4v) is 5.32. The monoisotopic (exact) mass is 652 g/mol. The van der Waals surface area contributed by atoms with Crippen molar-refractivity contribution in [1.82, 2.24) is 0 Å². The molecule has 0 saturated heterocycles. The van der Waals surface area contributed by atoms with Gasteiger partial charge in [-0.2, -0.15) is 0 Å². The van der Waals surface area contributed by atoms with Crippen LogP contribution in [0.15, 0.2) is 140 Å². The second kappa shape index (κ2) is 21.3. The van der Waals surface area contributed by atoms with Crippen molar-refractivity contribution in [2.75, 3.05) is 19.8 Å². The molecular weight excluding hydrogens is 607 g/mol. The van der Waals surface area contributed by atoms with Crippen LogP contribution in [0.5, 0.6) is 0 Å². The summed E-state index contributed by atoms with van der Waals surface area (Å²) >= 11 is 0. The zero-order chi connectivity index (χ0) is 34.5. The Morgan fingerprint density at radius 2 is 0.958 bits per heavy atom. The number of benzene rings is 3. The Bertz CT molecular complexity index is 1420. The van der Waals surface area contributed by atoms with Crippen LogP contribution in [-0.2, 0) is 23.3 Å². The van der Waals surface area contributed by atoms with Gasteiger partial charge in [0.1, 0.15) is 13.2 Å². The molecule has 0 atom stereocenters. The lowest BCUT2D eigenvalue weighted by molar-refractivity contribution is -0.896. The van der Waals surface area contributed by atoms with Crippen LogP contribution in [0.25, 0.3) is 0 Å². The Morgan fingerprint density at radius 1 is 0.583 bits per heavy atom. The zero-order valence-electron chi connectivity index (χ0n) is 27.6. The minimum atomic E-state index is -2.23. The van der Waals surface area contributed by atoms with E-state index in [9.17, 15) is 10.0 Å². The predicted molar refractivity (Wildman–Crippen MR) is 180 cm³/mol. The van der Waals surface area contributed by atoms with Gasteiger partial charge >= 0.3 is 0 Å². The van der Waals surface area contributed by atoms with Crippen molar-refractivity contribution in [2.24, 2.45) is 0 Å². The summed E-state index contributed by atoms with van der Waals surface area (Å²) in [7, 11) is -2.23. The molecule has 5 rings (SSSR count). The van der Waals surface area contributed by atoms with Crippen LogP contribution in [0.3, 0.4) is 0 Å². The summed E-state index contributed by atoms with van der Waals surface area (Å²) in [5.74, 6) is 0. The highest BCUT2D eigenvalue weighted by Crippen LogP contribution is 2.42. The lowest BCUT2D eigenvalue weighted by Crippen LogP contribution is -2.48. The number of rotatable bonds is 14. The molecule has 0 saturated carbocycles. The summed E-state index contributed by atoms with van der Waals surface area (Å²) in [6.45, 7) is 5.17. The van der Waals surface area contributed by atoms with E-state index in [4.69, 9.17) is 24.5 Å². The first kappa shape index (κ1) is 37.9. The first-order valence-electron chi connectivity index (χ1n) is 16.1. The van der Waals surface area contributed by atoms with Crippen molar-refractivity contribution in [3.8, 4) is 0 Å². The summed E-state index contributed by atoms with van der Waals surface area (Å²) in [6.07, 6.45) is 4.89. The zero-order valence-corrected chi connectivity index (χ0v) is 27.6. The number of hydrogen-bond acceptors (Lipinski definition) is 7. The Hall–Kier alpha value is -4.58. The number of aliphatic hydroxyl groups excluding tert-OH is 2. The molecule has 0 radical (unpaired) electrons. The smallest absolute Gasteiger partial charge is 0.259 e. The van der Waals surface area contributed by atoms with Gasteiger partial charge in [0, 0.05) is 45.7 Å². The van der Waals surface area contributed by atoms with Crippen LogP contribution in [0, 0.1) is 0 Å². The van der Waals surface area contributed by atoms with Gasteiger partial charge in [0.15, 0.2) is 13.2 Å². The van der Waals surface area contributed by atoms with Crippen LogP contribution >= 0.6 is 0 Å². The Morgan fingerprint density at radius 3 is 1.29 bits per heavy atom. The van der Waals surface area contributed by atoms with Gasteiger partial charge in [-0.15, -0.1) is 0 Å². The molecule has 0 aliphatic rings. The maximum Gasteiger partial charge on any atom is 0.259 e. The van der Waals surface area contributed by atoms with Gasteiger partial charge in [0.05, 0.1) is 7.32 Å². The van der Waals surface area contributed by atoms with Crippen LogP contribution in [0.2, 0.25) is 0 Å². The topological polar surface area (TPSA) is 122 Å². The van der Waals surface area contributed by atoms with Crippen molar-refractivity contribution >= 4 is 7.32 Å². The van der Waals surface area contributed by atoms with Crippen LogP contribution in [-0.4, -0.2) is 37.4 Å². The maximum absolute atomic E-state index is 10.7. The van der Waals surface area contributed by atoms with Crippen molar-refractivity contribution in [3.63, 3.8) is 0 Å². The van der Waals surface area contributed by atoms with E-state index in [1.807, 2.05) is 105 Å². The largest absolute Gasteiger partial charge is 0.871 e. The number of aromatic nitrogens is 2. The Balaban J connectivity index is 0.000000233. The third kappa shape index (κ3) is 11.3. The first-order chi connectivity index (χ1) is 23.5. The van der Waals surface area contributed by atoms with Crippen LogP contribution < -0.4 is 29.2 Å². The van der Waals surface area contributed by atoms with E-state index < -0.39 is 7.32 Å². The van der Waals surface area contributed by atoms with E-state index in [0.29, 0.717) is 19.6 Å². The van der Waals surface area contributed by atoms with E-state index in [-0.39, 0.29) is 25.2 Å². The van der Waals surface area contributed by atoms with Gasteiger partial charge in [0.2, 0.25) is 12.4 Å². The fraction of sp³-hybridized carbons (Fsp3) is 0.263. The average Bonchev–Trinajstić information content (AvgIpc) is 3.14. The van der Waals surface area contributed by atoms with Crippen molar-refractivity contribution in [3.05, 3.63) is 168 Å².